The number of hydrogen-bond acceptors (Lipinski definition) is 7. The second-order valence-corrected chi connectivity index (χ2v) is 7.06. The summed E-state index contributed by atoms with van der Waals surface area (Å²) in [6.07, 6.45) is 1.70. The molecule has 0 unspecified atom stereocenters. The van der Waals surface area contributed by atoms with Crippen LogP contribution >= 0.6 is 0 Å². The summed E-state index contributed by atoms with van der Waals surface area (Å²) in [5, 5.41) is 8.66. The third-order valence-electron chi connectivity index (χ3n) is 4.75. The fourth-order valence-corrected chi connectivity index (χ4v) is 3.42. The van der Waals surface area contributed by atoms with E-state index < -0.39 is 0 Å². The number of aromatic nitrogens is 4. The molecule has 136 valence electrons. The minimum absolute atomic E-state index is 0.0846. The van der Waals surface area contributed by atoms with E-state index in [4.69, 9.17) is 9.05 Å². The number of hydrogen-bond donors (Lipinski definition) is 0. The Morgan fingerprint density at radius 2 is 2.04 bits per heavy atom. The maximum Gasteiger partial charge on any atom is 0.258 e. The lowest BCUT2D eigenvalue weighted by molar-refractivity contribution is 0.0712. The van der Waals surface area contributed by atoms with Crippen LogP contribution in [0.15, 0.2) is 15.1 Å². The maximum absolute atomic E-state index is 13.3. The third-order valence-corrected chi connectivity index (χ3v) is 4.75. The summed E-state index contributed by atoms with van der Waals surface area (Å²) in [5.41, 5.74) is 2.32. The number of likely N-dealkylation sites (tertiary alicyclic amines) is 1. The van der Waals surface area contributed by atoms with Gasteiger partial charge < -0.3 is 13.9 Å². The Morgan fingerprint density at radius 1 is 1.23 bits per heavy atom. The van der Waals surface area contributed by atoms with Gasteiger partial charge in [-0.3, -0.25) is 4.79 Å². The van der Waals surface area contributed by atoms with Crippen molar-refractivity contribution in [3.8, 4) is 0 Å². The van der Waals surface area contributed by atoms with Crippen molar-refractivity contribution in [1.82, 2.24) is 25.2 Å². The van der Waals surface area contributed by atoms with Crippen molar-refractivity contribution in [3.63, 3.8) is 0 Å². The van der Waals surface area contributed by atoms with Crippen LogP contribution < -0.4 is 0 Å². The quantitative estimate of drug-likeness (QED) is 0.710. The second-order valence-electron chi connectivity index (χ2n) is 7.06. The predicted molar refractivity (Wildman–Crippen MR) is 92.7 cm³/mol. The summed E-state index contributed by atoms with van der Waals surface area (Å²) in [6, 6.07) is 1.59. The summed E-state index contributed by atoms with van der Waals surface area (Å²) >= 11 is 0. The van der Waals surface area contributed by atoms with Gasteiger partial charge in [0.25, 0.3) is 11.6 Å². The molecule has 0 bridgehead atoms. The molecule has 26 heavy (non-hydrogen) atoms. The molecule has 0 spiro atoms. The first-order valence-corrected chi connectivity index (χ1v) is 8.83. The molecule has 1 aliphatic rings. The molecule has 1 amide bonds. The molecule has 3 aromatic heterocycles. The molecule has 8 nitrogen and oxygen atoms in total. The summed E-state index contributed by atoms with van der Waals surface area (Å²) in [5.74, 6) is 1.26. The van der Waals surface area contributed by atoms with Crippen LogP contribution in [0.1, 0.15) is 72.1 Å². The molecule has 1 aliphatic heterocycles. The van der Waals surface area contributed by atoms with Crippen LogP contribution in [0, 0.1) is 13.8 Å². The molecule has 4 heterocycles. The number of aryl methyl sites for hydroxylation is 2. The van der Waals surface area contributed by atoms with Crippen LogP contribution in [-0.2, 0) is 0 Å². The SMILES string of the molecule is Cc1cc(C(=O)N2CCC[C@H]2c2nc(C(C)C)no2)c2c(C)noc2n1. The first-order valence-electron chi connectivity index (χ1n) is 8.83. The smallest absolute Gasteiger partial charge is 0.258 e. The van der Waals surface area contributed by atoms with E-state index in [-0.39, 0.29) is 17.9 Å². The fraction of sp³-hybridized carbons (Fsp3) is 0.500. The summed E-state index contributed by atoms with van der Waals surface area (Å²) in [4.78, 5) is 23.9. The van der Waals surface area contributed by atoms with Gasteiger partial charge in [-0.05, 0) is 32.8 Å². The van der Waals surface area contributed by atoms with Gasteiger partial charge in [-0.1, -0.05) is 24.2 Å². The second kappa shape index (κ2) is 6.19. The number of amides is 1. The largest absolute Gasteiger partial charge is 0.337 e. The van der Waals surface area contributed by atoms with Gasteiger partial charge in [-0.2, -0.15) is 4.98 Å². The normalized spacial score (nSPS) is 17.6. The summed E-state index contributed by atoms with van der Waals surface area (Å²) < 4.78 is 10.7. The molecule has 0 aliphatic carbocycles. The molecule has 0 N–H and O–H groups in total. The van der Waals surface area contributed by atoms with Crippen LogP contribution in [0.2, 0.25) is 0 Å². The number of carbonyl (C=O) groups excluding carboxylic acids is 1. The Morgan fingerprint density at radius 3 is 2.77 bits per heavy atom. The van der Waals surface area contributed by atoms with E-state index in [2.05, 4.69) is 20.3 Å². The number of carbonyl (C=O) groups is 1. The molecule has 1 saturated heterocycles. The third kappa shape index (κ3) is 2.65. The molecule has 1 fully saturated rings. The monoisotopic (exact) mass is 355 g/mol. The van der Waals surface area contributed by atoms with Crippen molar-refractivity contribution in [3.05, 3.63) is 34.7 Å². The average Bonchev–Trinajstić information content (AvgIpc) is 3.32. The molecule has 0 saturated carbocycles. The highest BCUT2D eigenvalue weighted by Gasteiger charge is 2.36. The fourth-order valence-electron chi connectivity index (χ4n) is 3.42. The Labute approximate surface area is 150 Å². The zero-order valence-corrected chi connectivity index (χ0v) is 15.3. The number of nitrogens with zero attached hydrogens (tertiary/aromatic N) is 5. The van der Waals surface area contributed by atoms with Crippen molar-refractivity contribution in [2.75, 3.05) is 6.54 Å². The lowest BCUT2D eigenvalue weighted by atomic mass is 10.1. The van der Waals surface area contributed by atoms with Gasteiger partial charge in [0, 0.05) is 18.2 Å². The van der Waals surface area contributed by atoms with Gasteiger partial charge in [0.2, 0.25) is 5.89 Å². The van der Waals surface area contributed by atoms with E-state index in [0.29, 0.717) is 46.3 Å². The highest BCUT2D eigenvalue weighted by atomic mass is 16.5. The van der Waals surface area contributed by atoms with E-state index in [9.17, 15) is 4.79 Å². The minimum atomic E-state index is -0.203. The van der Waals surface area contributed by atoms with Gasteiger partial charge in [0.1, 0.15) is 6.04 Å². The lowest BCUT2D eigenvalue weighted by Gasteiger charge is -2.22. The van der Waals surface area contributed by atoms with Crippen LogP contribution in [0.25, 0.3) is 11.1 Å². The zero-order valence-electron chi connectivity index (χ0n) is 15.3. The Hall–Kier alpha value is -2.77. The Bertz CT molecular complexity index is 975. The zero-order chi connectivity index (χ0) is 18.4. The van der Waals surface area contributed by atoms with Gasteiger partial charge in [-0.15, -0.1) is 0 Å². The van der Waals surface area contributed by atoms with Gasteiger partial charge in [0.15, 0.2) is 5.82 Å². The summed E-state index contributed by atoms with van der Waals surface area (Å²) in [7, 11) is 0. The molecule has 4 rings (SSSR count). The van der Waals surface area contributed by atoms with Gasteiger partial charge in [0.05, 0.1) is 16.6 Å². The average molecular weight is 355 g/mol. The molecule has 8 heteroatoms. The highest BCUT2D eigenvalue weighted by Crippen LogP contribution is 2.34. The molecule has 3 aromatic rings. The van der Waals surface area contributed by atoms with E-state index >= 15 is 0 Å². The molecule has 0 radical (unpaired) electrons. The van der Waals surface area contributed by atoms with E-state index in [1.54, 1.807) is 11.0 Å². The van der Waals surface area contributed by atoms with E-state index in [0.717, 1.165) is 12.8 Å². The molecular weight excluding hydrogens is 334 g/mol. The lowest BCUT2D eigenvalue weighted by Crippen LogP contribution is -2.31. The van der Waals surface area contributed by atoms with E-state index in [1.165, 1.54) is 0 Å². The topological polar surface area (TPSA) is 98.2 Å². The van der Waals surface area contributed by atoms with Gasteiger partial charge in [-0.25, -0.2) is 4.98 Å². The number of rotatable bonds is 3. The number of fused-ring (bicyclic) bond motifs is 1. The first kappa shape index (κ1) is 16.7. The predicted octanol–water partition coefficient (Wildman–Crippen LogP) is 3.32. The Kier molecular flexibility index (Phi) is 3.97. The van der Waals surface area contributed by atoms with Crippen molar-refractivity contribution in [2.24, 2.45) is 0 Å². The molecule has 1 atom stereocenters. The van der Waals surface area contributed by atoms with E-state index in [1.807, 2.05) is 27.7 Å². The molecular formula is C18H21N5O3. The highest BCUT2D eigenvalue weighted by molar-refractivity contribution is 6.06. The van der Waals surface area contributed by atoms with Gasteiger partial charge >= 0.3 is 0 Å². The van der Waals surface area contributed by atoms with Crippen LogP contribution in [0.3, 0.4) is 0 Å². The van der Waals surface area contributed by atoms with Crippen molar-refractivity contribution in [2.45, 2.75) is 52.5 Å². The van der Waals surface area contributed by atoms with Crippen molar-refractivity contribution < 1.29 is 13.8 Å². The number of pyridine rings is 1. The van der Waals surface area contributed by atoms with Crippen LogP contribution in [0.4, 0.5) is 0 Å². The standard InChI is InChI=1S/C18H21N5O3/c1-9(2)15-20-16(25-22-15)13-6-5-7-23(13)18(24)12-8-10(3)19-17-14(12)11(4)21-26-17/h8-9,13H,5-7H2,1-4H3/t13-/m0/s1. The first-order chi connectivity index (χ1) is 12.5. The van der Waals surface area contributed by atoms with Crippen LogP contribution in [0.5, 0.6) is 0 Å². The van der Waals surface area contributed by atoms with Crippen molar-refractivity contribution >= 4 is 17.0 Å². The Balaban J connectivity index is 1.72. The summed E-state index contributed by atoms with van der Waals surface area (Å²) in [6.45, 7) is 8.32. The molecule has 0 aromatic carbocycles. The minimum Gasteiger partial charge on any atom is -0.337 e. The van der Waals surface area contributed by atoms with Crippen molar-refractivity contribution in [1.29, 1.82) is 0 Å². The van der Waals surface area contributed by atoms with Crippen LogP contribution in [-0.4, -0.2) is 37.6 Å². The maximum atomic E-state index is 13.3.